The molecular weight excluding hydrogens is 1220 g/mol. The van der Waals surface area contributed by atoms with Gasteiger partial charge in [-0.05, 0) is 188 Å². The third-order valence-electron chi connectivity index (χ3n) is 18.0. The minimum Gasteiger partial charge on any atom is -0.490 e. The maximum absolute atomic E-state index is 9.96. The first-order chi connectivity index (χ1) is 47.1. The highest BCUT2D eigenvalue weighted by Crippen LogP contribution is 2.44. The highest BCUT2D eigenvalue weighted by molar-refractivity contribution is 5.70. The van der Waals surface area contributed by atoms with Crippen molar-refractivity contribution in [3.8, 4) is 103 Å². The van der Waals surface area contributed by atoms with E-state index in [1.165, 1.54) is 33.4 Å². The first-order valence-corrected chi connectivity index (χ1v) is 34.4. The number of aliphatic hydroxyl groups is 2. The van der Waals surface area contributed by atoms with Crippen LogP contribution in [-0.4, -0.2) is 149 Å². The Morgan fingerprint density at radius 3 is 1.24 bits per heavy atom. The Kier molecular flexibility index (Phi) is 23.8. The van der Waals surface area contributed by atoms with Crippen LogP contribution in [0, 0.1) is 0 Å². The minimum atomic E-state index is -0.210. The lowest BCUT2D eigenvalue weighted by atomic mass is 10.0. The summed E-state index contributed by atoms with van der Waals surface area (Å²) < 4.78 is 51.0. The number of ether oxygens (including phenoxy) is 6. The summed E-state index contributed by atoms with van der Waals surface area (Å²) in [5.41, 5.74) is 13.2. The summed E-state index contributed by atoms with van der Waals surface area (Å²) >= 11 is 0. The summed E-state index contributed by atoms with van der Waals surface area (Å²) in [5.74, 6) is 7.32. The average molecular weight is 1310 g/mol. The quantitative estimate of drug-likeness (QED) is 0.0356. The van der Waals surface area contributed by atoms with Crippen LogP contribution in [0.1, 0.15) is 133 Å². The maximum Gasteiger partial charge on any atom is 0.258 e. The van der Waals surface area contributed by atoms with Crippen LogP contribution in [0.2, 0.25) is 0 Å². The molecule has 0 bridgehead atoms. The number of rotatable bonds is 28. The van der Waals surface area contributed by atoms with Gasteiger partial charge in [-0.1, -0.05) is 83.9 Å². The molecule has 9 aromatic rings. The van der Waals surface area contributed by atoms with Gasteiger partial charge in [0, 0.05) is 84.2 Å². The third kappa shape index (κ3) is 15.9. The molecule has 508 valence electrons. The number of hydrogen-bond acceptors (Lipinski definition) is 21. The van der Waals surface area contributed by atoms with Gasteiger partial charge >= 0.3 is 0 Å². The lowest BCUT2D eigenvalue weighted by Crippen LogP contribution is -2.33. The molecule has 0 amide bonds. The van der Waals surface area contributed by atoms with E-state index in [1.807, 2.05) is 108 Å². The van der Waals surface area contributed by atoms with Crippen molar-refractivity contribution in [3.63, 3.8) is 0 Å². The maximum atomic E-state index is 9.96. The second-order valence-corrected chi connectivity index (χ2v) is 23.8. The van der Waals surface area contributed by atoms with Gasteiger partial charge in [-0.15, -0.1) is 0 Å². The van der Waals surface area contributed by atoms with Crippen molar-refractivity contribution in [2.75, 3.05) is 92.1 Å². The first-order valence-electron chi connectivity index (χ1n) is 34.4. The van der Waals surface area contributed by atoms with Gasteiger partial charge < -0.3 is 67.7 Å². The molecule has 4 N–H and O–H groups in total. The van der Waals surface area contributed by atoms with E-state index in [1.54, 1.807) is 0 Å². The smallest absolute Gasteiger partial charge is 0.258 e. The van der Waals surface area contributed by atoms with Gasteiger partial charge in [0.15, 0.2) is 34.5 Å². The van der Waals surface area contributed by atoms with Crippen molar-refractivity contribution in [2.24, 2.45) is 0 Å². The van der Waals surface area contributed by atoms with Crippen LogP contribution < -0.4 is 39.1 Å². The standard InChI is InChI=1S/C27H36N4O3.C25H29N3O4.C23H27N3O4/c1-5-31(6-2)17-16-28-23-14-13-20-21(23)10-9-11-22(20)26-29-27(34-30-26)19-12-15-24(32-7-3)25(18-19)33-8-4;1-3-30-22-11-8-16(14-23(22)31-4-2)25-26-24(27-32-25)20-7-5-6-19-18(20)9-10-21(19)28-13-12-17(29)15-28;1-3-28-20-11-8-15(14-21(20)29-4-2)23-25-22(26-30-23)18-7-5-6-17-16(18)9-10-19(17)24-12-13-27/h9-12,15,18,23,28H,5-8,13-14,16-17H2,1-4H3;5-8,11,14,17,21,29H,3-4,9-10,12-13,15H2,1-2H3;5-8,11,14,19,24,27H,3-4,9-10,12-13H2,1-2H3/t;17-,21?;/m.1./s1. The van der Waals surface area contributed by atoms with Gasteiger partial charge in [-0.2, -0.15) is 15.0 Å². The Morgan fingerprint density at radius 2 is 0.854 bits per heavy atom. The van der Waals surface area contributed by atoms with E-state index >= 15 is 0 Å². The number of aliphatic hydroxyl groups excluding tert-OH is 2. The van der Waals surface area contributed by atoms with Crippen molar-refractivity contribution < 1.29 is 52.2 Å². The fourth-order valence-electron chi connectivity index (χ4n) is 13.5. The van der Waals surface area contributed by atoms with E-state index in [-0.39, 0.29) is 18.8 Å². The largest absolute Gasteiger partial charge is 0.490 e. The Balaban J connectivity index is 0.000000147. The molecule has 1 fully saturated rings. The van der Waals surface area contributed by atoms with Crippen LogP contribution in [0.25, 0.3) is 68.5 Å². The number of hydrogen-bond donors (Lipinski definition) is 4. The lowest BCUT2D eigenvalue weighted by molar-refractivity contribution is 0.159. The van der Waals surface area contributed by atoms with Gasteiger partial charge in [0.25, 0.3) is 17.7 Å². The summed E-state index contributed by atoms with van der Waals surface area (Å²) in [5, 5.41) is 39.1. The molecule has 3 aliphatic carbocycles. The molecule has 4 aliphatic rings. The van der Waals surface area contributed by atoms with Crippen LogP contribution in [0.4, 0.5) is 0 Å². The molecule has 21 nitrogen and oxygen atoms in total. The number of nitrogens with one attached hydrogen (secondary N) is 2. The molecule has 96 heavy (non-hydrogen) atoms. The van der Waals surface area contributed by atoms with Crippen molar-refractivity contribution in [1.29, 1.82) is 0 Å². The molecule has 13 rings (SSSR count). The summed E-state index contributed by atoms with van der Waals surface area (Å²) in [6, 6.07) is 36.9. The molecular formula is C75H92N10O11. The van der Waals surface area contributed by atoms with Crippen LogP contribution in [-0.2, 0) is 19.3 Å². The topological polar surface area (TPSA) is 243 Å². The number of β-amino-alcohol motifs (C(OH)–C–C–N with tert-alkyl or cyclic N) is 1. The van der Waals surface area contributed by atoms with Crippen LogP contribution in [0.5, 0.6) is 34.5 Å². The number of likely N-dealkylation sites (tertiary alicyclic amines) is 1. The Bertz CT molecular complexity index is 3980. The highest BCUT2D eigenvalue weighted by atomic mass is 16.5. The monoisotopic (exact) mass is 1310 g/mol. The molecule has 0 radical (unpaired) electrons. The van der Waals surface area contributed by atoms with E-state index in [0.29, 0.717) is 128 Å². The first kappa shape index (κ1) is 68.7. The third-order valence-corrected chi connectivity index (χ3v) is 18.0. The molecule has 4 heterocycles. The Morgan fingerprint density at radius 1 is 0.469 bits per heavy atom. The summed E-state index contributed by atoms with van der Waals surface area (Å²) in [4.78, 5) is 18.9. The Hall–Kier alpha value is -8.70. The normalized spacial score (nSPS) is 16.9. The van der Waals surface area contributed by atoms with Crippen molar-refractivity contribution in [2.45, 2.75) is 125 Å². The SMILES string of the molecule is CCOc1ccc(-c2nc(-c3cccc4c3CCC4N3CC[C@@H](O)C3)no2)cc1OCC.CCOc1ccc(-c2nc(-c3cccc4c3CCC4NCCN(CC)CC)no2)cc1OCC.CCOc1ccc(-c2nc(-c3cccc4c3CCC4NCCO)no2)cc1OCC. The molecule has 3 aromatic heterocycles. The second-order valence-electron chi connectivity index (χ2n) is 23.8. The molecule has 0 saturated carbocycles. The predicted molar refractivity (Wildman–Crippen MR) is 369 cm³/mol. The van der Waals surface area contributed by atoms with E-state index in [2.05, 4.69) is 97.2 Å². The number of likely N-dealkylation sites (N-methyl/N-ethyl adjacent to an activating group) is 1. The van der Waals surface area contributed by atoms with E-state index in [4.69, 9.17) is 57.1 Å². The van der Waals surface area contributed by atoms with Crippen molar-refractivity contribution >= 4 is 0 Å². The van der Waals surface area contributed by atoms with Crippen LogP contribution >= 0.6 is 0 Å². The van der Waals surface area contributed by atoms with Crippen LogP contribution in [0.15, 0.2) is 123 Å². The van der Waals surface area contributed by atoms with Crippen LogP contribution in [0.3, 0.4) is 0 Å². The predicted octanol–water partition coefficient (Wildman–Crippen LogP) is 13.1. The van der Waals surface area contributed by atoms with Crippen molar-refractivity contribution in [3.05, 3.63) is 143 Å². The molecule has 1 aliphatic heterocycles. The zero-order valence-electron chi connectivity index (χ0n) is 56.7. The highest BCUT2D eigenvalue weighted by Gasteiger charge is 2.35. The molecule has 1 saturated heterocycles. The summed E-state index contributed by atoms with van der Waals surface area (Å²) in [7, 11) is 0. The van der Waals surface area contributed by atoms with Gasteiger partial charge in [-0.3, -0.25) is 4.90 Å². The minimum absolute atomic E-state index is 0.131. The summed E-state index contributed by atoms with van der Waals surface area (Å²) in [6.45, 7) is 26.1. The van der Waals surface area contributed by atoms with Gasteiger partial charge in [0.05, 0.1) is 52.4 Å². The molecule has 6 aromatic carbocycles. The summed E-state index contributed by atoms with van der Waals surface area (Å²) in [6.07, 6.45) is 6.71. The number of aromatic nitrogens is 6. The van der Waals surface area contributed by atoms with Gasteiger partial charge in [0.2, 0.25) is 17.5 Å². The van der Waals surface area contributed by atoms with E-state index in [0.717, 1.165) is 118 Å². The zero-order chi connectivity index (χ0) is 66.9. The molecule has 21 heteroatoms. The Labute approximate surface area is 562 Å². The molecule has 3 unspecified atom stereocenters. The lowest BCUT2D eigenvalue weighted by Gasteiger charge is -2.24. The fourth-order valence-corrected chi connectivity index (χ4v) is 13.5. The van der Waals surface area contributed by atoms with E-state index < -0.39 is 0 Å². The number of fused-ring (bicyclic) bond motifs is 3. The van der Waals surface area contributed by atoms with Gasteiger partial charge in [0.1, 0.15) is 0 Å². The zero-order valence-corrected chi connectivity index (χ0v) is 56.7. The fraction of sp³-hybridized carbons (Fsp3) is 0.440. The second kappa shape index (κ2) is 33.3. The number of nitrogens with zero attached hydrogens (tertiary/aromatic N) is 8. The van der Waals surface area contributed by atoms with Gasteiger partial charge in [-0.25, -0.2) is 0 Å². The van der Waals surface area contributed by atoms with E-state index in [9.17, 15) is 5.11 Å². The van der Waals surface area contributed by atoms with Crippen molar-refractivity contribution in [1.82, 2.24) is 50.9 Å². The molecule has 4 atom stereocenters. The average Bonchev–Trinajstić information content (AvgIpc) is 1.67. The number of benzene rings is 6. The molecule has 0 spiro atoms.